The number of allylic oxidation sites excluding steroid dienone is 3. The number of carbonyl (C=O) groups excluding carboxylic acids is 3. The minimum absolute atomic E-state index is 0.0535. The molecule has 0 aromatic carbocycles. The second-order valence-corrected chi connectivity index (χ2v) is 6.01. The number of fused-ring (bicyclic) bond motifs is 5. The number of nitrogens with one attached hydrogen (secondary N) is 1. The van der Waals surface area contributed by atoms with Crippen LogP contribution in [0.3, 0.4) is 0 Å². The van der Waals surface area contributed by atoms with Crippen molar-refractivity contribution in [3.05, 3.63) is 24.8 Å². The molecule has 21 heavy (non-hydrogen) atoms. The number of hydrogen-bond acceptors (Lipinski definition) is 3. The average molecular weight is 288 g/mol. The highest BCUT2D eigenvalue weighted by molar-refractivity contribution is 6.06. The van der Waals surface area contributed by atoms with Gasteiger partial charge in [0.15, 0.2) is 0 Å². The first-order chi connectivity index (χ1) is 10.1. The van der Waals surface area contributed by atoms with Crippen LogP contribution in [-0.2, 0) is 14.4 Å². The summed E-state index contributed by atoms with van der Waals surface area (Å²) in [6.45, 7) is 4.18. The van der Waals surface area contributed by atoms with E-state index in [1.54, 1.807) is 6.08 Å². The second kappa shape index (κ2) is 5.47. The van der Waals surface area contributed by atoms with Crippen molar-refractivity contribution in [2.24, 2.45) is 23.7 Å². The van der Waals surface area contributed by atoms with Gasteiger partial charge in [0, 0.05) is 19.5 Å². The van der Waals surface area contributed by atoms with Crippen molar-refractivity contribution >= 4 is 17.7 Å². The summed E-state index contributed by atoms with van der Waals surface area (Å²) in [4.78, 5) is 37.6. The molecule has 1 heterocycles. The Morgan fingerprint density at radius 1 is 1.29 bits per heavy atom. The average Bonchev–Trinajstić information content (AvgIpc) is 3.14. The summed E-state index contributed by atoms with van der Waals surface area (Å²) in [6, 6.07) is 0. The Hall–Kier alpha value is -1.91. The van der Waals surface area contributed by atoms with Gasteiger partial charge < -0.3 is 5.32 Å². The number of imide groups is 1. The molecule has 2 bridgehead atoms. The lowest BCUT2D eigenvalue weighted by Crippen LogP contribution is -2.39. The summed E-state index contributed by atoms with van der Waals surface area (Å²) in [5, 5.41) is 2.74. The first kappa shape index (κ1) is 14.0. The van der Waals surface area contributed by atoms with E-state index in [4.69, 9.17) is 0 Å². The number of carbonyl (C=O) groups is 3. The van der Waals surface area contributed by atoms with Crippen molar-refractivity contribution in [1.29, 1.82) is 0 Å². The maximum atomic E-state index is 12.4. The van der Waals surface area contributed by atoms with Crippen LogP contribution in [0.4, 0.5) is 0 Å². The Balaban J connectivity index is 1.53. The fourth-order valence-corrected chi connectivity index (χ4v) is 3.81. The second-order valence-electron chi connectivity index (χ2n) is 6.01. The smallest absolute Gasteiger partial charge is 0.233 e. The van der Waals surface area contributed by atoms with Crippen LogP contribution in [-0.4, -0.2) is 35.7 Å². The first-order valence-electron chi connectivity index (χ1n) is 7.54. The summed E-state index contributed by atoms with van der Waals surface area (Å²) < 4.78 is 0. The van der Waals surface area contributed by atoms with Gasteiger partial charge in [0.2, 0.25) is 17.7 Å². The molecule has 5 heteroatoms. The Morgan fingerprint density at radius 2 is 1.90 bits per heavy atom. The summed E-state index contributed by atoms with van der Waals surface area (Å²) in [6.07, 6.45) is 7.82. The summed E-state index contributed by atoms with van der Waals surface area (Å²) >= 11 is 0. The molecule has 112 valence electrons. The van der Waals surface area contributed by atoms with E-state index in [2.05, 4.69) is 24.0 Å². The van der Waals surface area contributed by atoms with Crippen LogP contribution in [0.15, 0.2) is 24.8 Å². The van der Waals surface area contributed by atoms with Gasteiger partial charge in [-0.25, -0.2) is 0 Å². The van der Waals surface area contributed by atoms with E-state index >= 15 is 0 Å². The molecule has 5 nitrogen and oxygen atoms in total. The minimum atomic E-state index is -0.149. The van der Waals surface area contributed by atoms with Gasteiger partial charge >= 0.3 is 0 Å². The number of likely N-dealkylation sites (tertiary alicyclic amines) is 1. The van der Waals surface area contributed by atoms with Crippen molar-refractivity contribution in [3.63, 3.8) is 0 Å². The molecule has 0 spiro atoms. The van der Waals surface area contributed by atoms with Crippen LogP contribution in [0.5, 0.6) is 0 Å². The van der Waals surface area contributed by atoms with Crippen LogP contribution >= 0.6 is 0 Å². The summed E-state index contributed by atoms with van der Waals surface area (Å²) in [5.41, 5.74) is 0. The molecule has 1 N–H and O–H groups in total. The van der Waals surface area contributed by atoms with Gasteiger partial charge in [-0.3, -0.25) is 19.3 Å². The quantitative estimate of drug-likeness (QED) is 0.583. The van der Waals surface area contributed by atoms with Crippen LogP contribution in [0.25, 0.3) is 0 Å². The Morgan fingerprint density at radius 3 is 2.48 bits per heavy atom. The number of rotatable bonds is 6. The third-order valence-electron chi connectivity index (χ3n) is 4.79. The molecule has 4 unspecified atom stereocenters. The van der Waals surface area contributed by atoms with Crippen molar-refractivity contribution in [2.45, 2.75) is 19.3 Å². The molecule has 3 aliphatic rings. The van der Waals surface area contributed by atoms with E-state index in [0.29, 0.717) is 19.4 Å². The van der Waals surface area contributed by atoms with Crippen LogP contribution < -0.4 is 5.32 Å². The Kier molecular flexibility index (Phi) is 3.66. The third kappa shape index (κ3) is 2.30. The normalized spacial score (nSPS) is 32.7. The molecule has 0 aromatic rings. The van der Waals surface area contributed by atoms with Gasteiger partial charge in [0.1, 0.15) is 0 Å². The lowest BCUT2D eigenvalue weighted by molar-refractivity contribution is -0.141. The number of nitrogens with zero attached hydrogens (tertiary/aromatic N) is 1. The molecule has 2 fully saturated rings. The first-order valence-corrected chi connectivity index (χ1v) is 7.54. The third-order valence-corrected chi connectivity index (χ3v) is 4.79. The SMILES string of the molecule is C=CCCC(=O)NCCN1C(=O)C2C3C=CC(C3)C2C1=O. The monoisotopic (exact) mass is 288 g/mol. The van der Waals surface area contributed by atoms with Crippen molar-refractivity contribution in [2.75, 3.05) is 13.1 Å². The number of hydrogen-bond donors (Lipinski definition) is 1. The van der Waals surface area contributed by atoms with E-state index < -0.39 is 0 Å². The highest BCUT2D eigenvalue weighted by Crippen LogP contribution is 2.52. The highest BCUT2D eigenvalue weighted by atomic mass is 16.2. The zero-order valence-corrected chi connectivity index (χ0v) is 12.0. The lowest BCUT2D eigenvalue weighted by Gasteiger charge is -2.17. The molecular formula is C16H20N2O3. The topological polar surface area (TPSA) is 66.5 Å². The van der Waals surface area contributed by atoms with E-state index in [1.807, 2.05) is 0 Å². The largest absolute Gasteiger partial charge is 0.354 e. The summed E-state index contributed by atoms with van der Waals surface area (Å²) in [5.74, 6) is 0.000468. The van der Waals surface area contributed by atoms with Crippen molar-refractivity contribution in [1.82, 2.24) is 10.2 Å². The molecule has 1 saturated carbocycles. The highest BCUT2D eigenvalue weighted by Gasteiger charge is 2.58. The van der Waals surface area contributed by atoms with Crippen LogP contribution in [0, 0.1) is 23.7 Å². The molecular weight excluding hydrogens is 268 g/mol. The molecule has 0 radical (unpaired) electrons. The summed E-state index contributed by atoms with van der Waals surface area (Å²) in [7, 11) is 0. The van der Waals surface area contributed by atoms with Crippen LogP contribution in [0.1, 0.15) is 19.3 Å². The number of amides is 3. The molecule has 1 aliphatic heterocycles. The van der Waals surface area contributed by atoms with Gasteiger partial charge in [0.25, 0.3) is 0 Å². The zero-order valence-electron chi connectivity index (χ0n) is 12.0. The molecule has 2 aliphatic carbocycles. The van der Waals surface area contributed by atoms with Crippen molar-refractivity contribution in [3.8, 4) is 0 Å². The molecule has 4 atom stereocenters. The standard InChI is InChI=1S/C16H20N2O3/c1-2-3-4-12(19)17-7-8-18-15(20)13-10-5-6-11(9-10)14(13)16(18)21/h2,5-6,10-11,13-14H,1,3-4,7-9H2,(H,17,19). The lowest BCUT2D eigenvalue weighted by atomic mass is 9.85. The van der Waals surface area contributed by atoms with Gasteiger partial charge in [-0.05, 0) is 24.7 Å². The van der Waals surface area contributed by atoms with E-state index in [1.165, 1.54) is 4.90 Å². The van der Waals surface area contributed by atoms with Gasteiger partial charge in [-0.15, -0.1) is 6.58 Å². The van der Waals surface area contributed by atoms with Gasteiger partial charge in [-0.2, -0.15) is 0 Å². The van der Waals surface area contributed by atoms with E-state index in [0.717, 1.165) is 6.42 Å². The molecule has 0 aromatic heterocycles. The fourth-order valence-electron chi connectivity index (χ4n) is 3.81. The predicted octanol–water partition coefficient (Wildman–Crippen LogP) is 0.876. The minimum Gasteiger partial charge on any atom is -0.354 e. The van der Waals surface area contributed by atoms with Crippen LogP contribution in [0.2, 0.25) is 0 Å². The van der Waals surface area contributed by atoms with Gasteiger partial charge in [-0.1, -0.05) is 18.2 Å². The maximum absolute atomic E-state index is 12.4. The molecule has 3 amide bonds. The van der Waals surface area contributed by atoms with E-state index in [9.17, 15) is 14.4 Å². The van der Waals surface area contributed by atoms with E-state index in [-0.39, 0.29) is 47.9 Å². The van der Waals surface area contributed by atoms with Crippen molar-refractivity contribution < 1.29 is 14.4 Å². The Labute approximate surface area is 124 Å². The molecule has 3 rings (SSSR count). The molecule has 1 saturated heterocycles. The zero-order chi connectivity index (χ0) is 15.0. The maximum Gasteiger partial charge on any atom is 0.233 e. The van der Waals surface area contributed by atoms with Gasteiger partial charge in [0.05, 0.1) is 11.8 Å². The predicted molar refractivity (Wildman–Crippen MR) is 76.9 cm³/mol. The Bertz CT molecular complexity index is 496. The fraction of sp³-hybridized carbons (Fsp3) is 0.562.